The first-order chi connectivity index (χ1) is 10.5. The van der Waals surface area contributed by atoms with Crippen molar-refractivity contribution < 1.29 is 19.6 Å². The average Bonchev–Trinajstić information content (AvgIpc) is 2.45. The summed E-state index contributed by atoms with van der Waals surface area (Å²) in [6.45, 7) is 0.0723. The molecule has 0 aliphatic rings. The summed E-state index contributed by atoms with van der Waals surface area (Å²) >= 11 is 0. The van der Waals surface area contributed by atoms with Crippen molar-refractivity contribution in [2.75, 3.05) is 0 Å². The first-order valence-corrected chi connectivity index (χ1v) is 6.26. The van der Waals surface area contributed by atoms with Crippen LogP contribution in [0.15, 0.2) is 41.2 Å². The molecule has 8 nitrogen and oxygen atoms in total. The highest BCUT2D eigenvalue weighted by Gasteiger charge is 2.20. The third-order valence-electron chi connectivity index (χ3n) is 2.80. The van der Waals surface area contributed by atoms with E-state index in [-0.39, 0.29) is 18.7 Å². The summed E-state index contributed by atoms with van der Waals surface area (Å²) in [5.41, 5.74) is -1.20. The van der Waals surface area contributed by atoms with Gasteiger partial charge in [-0.15, -0.1) is 0 Å². The molecule has 0 saturated heterocycles. The summed E-state index contributed by atoms with van der Waals surface area (Å²) in [5.74, 6) is -1.42. The number of pyridine rings is 1. The first-order valence-electron chi connectivity index (χ1n) is 6.26. The average molecular weight is 304 g/mol. The van der Waals surface area contributed by atoms with Crippen LogP contribution in [-0.2, 0) is 22.6 Å². The van der Waals surface area contributed by atoms with E-state index in [9.17, 15) is 24.8 Å². The van der Waals surface area contributed by atoms with Gasteiger partial charge in [-0.2, -0.15) is 0 Å². The summed E-state index contributed by atoms with van der Waals surface area (Å²) in [5, 5.41) is 20.0. The Balaban J connectivity index is 2.03. The Hall–Kier alpha value is -3.16. The quantitative estimate of drug-likeness (QED) is 0.487. The van der Waals surface area contributed by atoms with Crippen LogP contribution in [0.3, 0.4) is 0 Å². The highest BCUT2D eigenvalue weighted by molar-refractivity contribution is 5.72. The Labute approximate surface area is 124 Å². The standard InChI is InChI=1S/C14H12N2O6/c17-11-6-10(15-14(19)13(11)16(20)21)7-12(18)22-8-9-4-2-1-3-5-9/h1-6H,7-8H2,(H2,15,17,19). The number of ether oxygens (including phenoxy) is 1. The first kappa shape index (κ1) is 15.2. The van der Waals surface area contributed by atoms with E-state index in [1.54, 1.807) is 24.3 Å². The third kappa shape index (κ3) is 3.69. The van der Waals surface area contributed by atoms with Crippen molar-refractivity contribution >= 4 is 11.7 Å². The number of benzene rings is 1. The van der Waals surface area contributed by atoms with Crippen molar-refractivity contribution in [2.24, 2.45) is 0 Å². The van der Waals surface area contributed by atoms with Crippen LogP contribution in [0.2, 0.25) is 0 Å². The molecule has 2 N–H and O–H groups in total. The number of rotatable bonds is 5. The fourth-order valence-corrected chi connectivity index (χ4v) is 1.81. The Bertz CT molecular complexity index is 754. The zero-order chi connectivity index (χ0) is 16.1. The van der Waals surface area contributed by atoms with Gasteiger partial charge in [0, 0.05) is 11.8 Å². The van der Waals surface area contributed by atoms with E-state index in [0.29, 0.717) is 0 Å². The number of hydrogen-bond donors (Lipinski definition) is 2. The molecule has 1 aromatic carbocycles. The Morgan fingerprint density at radius 3 is 2.59 bits per heavy atom. The van der Waals surface area contributed by atoms with Crippen LogP contribution in [0.5, 0.6) is 5.75 Å². The van der Waals surface area contributed by atoms with Gasteiger partial charge >= 0.3 is 17.2 Å². The van der Waals surface area contributed by atoms with Gasteiger partial charge in [0.2, 0.25) is 5.75 Å². The largest absolute Gasteiger partial charge is 0.502 e. The van der Waals surface area contributed by atoms with E-state index < -0.39 is 27.9 Å². The van der Waals surface area contributed by atoms with Gasteiger partial charge in [0.25, 0.3) is 0 Å². The van der Waals surface area contributed by atoms with Gasteiger partial charge in [-0.05, 0) is 5.56 Å². The summed E-state index contributed by atoms with van der Waals surface area (Å²) in [7, 11) is 0. The molecule has 1 heterocycles. The molecule has 22 heavy (non-hydrogen) atoms. The van der Waals surface area contributed by atoms with Crippen LogP contribution in [0, 0.1) is 10.1 Å². The Kier molecular flexibility index (Phi) is 4.52. The molecule has 0 spiro atoms. The predicted octanol–water partition coefficient (Wildman–Crippen LogP) is 1.27. The maximum Gasteiger partial charge on any atom is 0.375 e. The Morgan fingerprint density at radius 2 is 2.00 bits per heavy atom. The zero-order valence-corrected chi connectivity index (χ0v) is 11.3. The maximum absolute atomic E-state index is 11.7. The molecule has 0 saturated carbocycles. The number of carbonyl (C=O) groups excluding carboxylic acids is 1. The maximum atomic E-state index is 11.7. The lowest BCUT2D eigenvalue weighted by Gasteiger charge is -2.05. The number of aromatic nitrogens is 1. The van der Waals surface area contributed by atoms with Gasteiger partial charge in [-0.1, -0.05) is 30.3 Å². The van der Waals surface area contributed by atoms with Crippen LogP contribution in [0.4, 0.5) is 5.69 Å². The van der Waals surface area contributed by atoms with Crippen LogP contribution < -0.4 is 5.56 Å². The molecule has 0 aliphatic carbocycles. The van der Waals surface area contributed by atoms with E-state index in [1.807, 2.05) is 6.07 Å². The second-order valence-electron chi connectivity index (χ2n) is 4.44. The zero-order valence-electron chi connectivity index (χ0n) is 11.3. The molecule has 0 radical (unpaired) electrons. The number of aromatic hydroxyl groups is 1. The van der Waals surface area contributed by atoms with Crippen molar-refractivity contribution in [1.82, 2.24) is 4.98 Å². The van der Waals surface area contributed by atoms with Crippen molar-refractivity contribution in [2.45, 2.75) is 13.0 Å². The van der Waals surface area contributed by atoms with Crippen molar-refractivity contribution in [3.05, 3.63) is 68.1 Å². The summed E-state index contributed by atoms with van der Waals surface area (Å²) < 4.78 is 5.01. The molecule has 0 fully saturated rings. The van der Waals surface area contributed by atoms with Gasteiger partial charge < -0.3 is 14.8 Å². The summed E-state index contributed by atoms with van der Waals surface area (Å²) in [6.07, 6.45) is -0.312. The van der Waals surface area contributed by atoms with Gasteiger partial charge in [0.15, 0.2) is 0 Å². The minimum atomic E-state index is -1.07. The molecule has 1 aromatic heterocycles. The van der Waals surface area contributed by atoms with E-state index in [1.165, 1.54) is 0 Å². The lowest BCUT2D eigenvalue weighted by atomic mass is 10.2. The second kappa shape index (κ2) is 6.53. The van der Waals surface area contributed by atoms with E-state index in [0.717, 1.165) is 11.6 Å². The summed E-state index contributed by atoms with van der Waals surface area (Å²) in [6, 6.07) is 9.96. The van der Waals surface area contributed by atoms with Crippen molar-refractivity contribution in [1.29, 1.82) is 0 Å². The van der Waals surface area contributed by atoms with Crippen LogP contribution in [-0.4, -0.2) is 21.0 Å². The van der Waals surface area contributed by atoms with Crippen LogP contribution >= 0.6 is 0 Å². The van der Waals surface area contributed by atoms with Gasteiger partial charge in [-0.3, -0.25) is 19.7 Å². The fraction of sp³-hybridized carbons (Fsp3) is 0.143. The molecular formula is C14H12N2O6. The predicted molar refractivity (Wildman–Crippen MR) is 75.3 cm³/mol. The number of nitrogens with one attached hydrogen (secondary N) is 1. The SMILES string of the molecule is O=C(Cc1cc(O)c([N+](=O)[O-])c(=O)[nH]1)OCc1ccccc1. The molecule has 0 bridgehead atoms. The lowest BCUT2D eigenvalue weighted by molar-refractivity contribution is -0.387. The monoisotopic (exact) mass is 304 g/mol. The second-order valence-corrected chi connectivity index (χ2v) is 4.44. The fourth-order valence-electron chi connectivity index (χ4n) is 1.81. The molecule has 2 rings (SSSR count). The molecule has 0 atom stereocenters. The number of carbonyl (C=O) groups is 1. The minimum Gasteiger partial charge on any atom is -0.502 e. The molecule has 8 heteroatoms. The lowest BCUT2D eigenvalue weighted by Crippen LogP contribution is -2.16. The molecule has 0 amide bonds. The van der Waals surface area contributed by atoms with E-state index in [4.69, 9.17) is 4.74 Å². The molecule has 2 aromatic rings. The Morgan fingerprint density at radius 1 is 1.32 bits per heavy atom. The third-order valence-corrected chi connectivity index (χ3v) is 2.80. The van der Waals surface area contributed by atoms with Gasteiger partial charge in [-0.25, -0.2) is 0 Å². The van der Waals surface area contributed by atoms with Gasteiger partial charge in [0.05, 0.1) is 11.3 Å². The minimum absolute atomic E-state index is 0.0335. The number of esters is 1. The number of hydrogen-bond acceptors (Lipinski definition) is 6. The summed E-state index contributed by atoms with van der Waals surface area (Å²) in [4.78, 5) is 34.9. The highest BCUT2D eigenvalue weighted by atomic mass is 16.6. The van der Waals surface area contributed by atoms with Crippen LogP contribution in [0.1, 0.15) is 11.3 Å². The highest BCUT2D eigenvalue weighted by Crippen LogP contribution is 2.20. The number of nitrogens with zero attached hydrogens (tertiary/aromatic N) is 1. The van der Waals surface area contributed by atoms with E-state index >= 15 is 0 Å². The number of aromatic amines is 1. The smallest absolute Gasteiger partial charge is 0.375 e. The van der Waals surface area contributed by atoms with Crippen LogP contribution in [0.25, 0.3) is 0 Å². The topological polar surface area (TPSA) is 123 Å². The normalized spacial score (nSPS) is 10.2. The van der Waals surface area contributed by atoms with E-state index in [2.05, 4.69) is 4.98 Å². The molecule has 0 aliphatic heterocycles. The number of nitro groups is 1. The van der Waals surface area contributed by atoms with Crippen molar-refractivity contribution in [3.8, 4) is 5.75 Å². The molecular weight excluding hydrogens is 292 g/mol. The van der Waals surface area contributed by atoms with Crippen molar-refractivity contribution in [3.63, 3.8) is 0 Å². The molecule has 114 valence electrons. The number of H-pyrrole nitrogens is 1. The molecule has 0 unspecified atom stereocenters. The van der Waals surface area contributed by atoms with Gasteiger partial charge in [0.1, 0.15) is 6.61 Å².